The lowest BCUT2D eigenvalue weighted by Gasteiger charge is -2.25. The summed E-state index contributed by atoms with van der Waals surface area (Å²) in [5, 5.41) is 11.4. The van der Waals surface area contributed by atoms with Crippen molar-refractivity contribution in [2.75, 3.05) is 6.61 Å². The summed E-state index contributed by atoms with van der Waals surface area (Å²) >= 11 is 0. The molecule has 2 aromatic heterocycles. The molecule has 174 valence electrons. The van der Waals surface area contributed by atoms with Crippen molar-refractivity contribution in [1.29, 1.82) is 0 Å². The number of ether oxygens (including phenoxy) is 1. The van der Waals surface area contributed by atoms with Crippen LogP contribution >= 0.6 is 0 Å². The van der Waals surface area contributed by atoms with Gasteiger partial charge >= 0.3 is 0 Å². The van der Waals surface area contributed by atoms with Gasteiger partial charge in [-0.05, 0) is 72.0 Å². The number of carbonyl (C=O) groups is 2. The van der Waals surface area contributed by atoms with Gasteiger partial charge in [0.15, 0.2) is 0 Å². The first-order valence-electron chi connectivity index (χ1n) is 11.3. The molecule has 1 atom stereocenters. The molecule has 34 heavy (non-hydrogen) atoms. The van der Waals surface area contributed by atoms with Crippen molar-refractivity contribution < 1.29 is 19.4 Å². The van der Waals surface area contributed by atoms with Crippen LogP contribution in [0.25, 0.3) is 5.76 Å². The normalized spacial score (nSPS) is 17.4. The van der Waals surface area contributed by atoms with E-state index in [1.807, 2.05) is 26.8 Å². The number of hydrogen-bond acceptors (Lipinski definition) is 6. The molecular formula is C27H27N3O4. The Morgan fingerprint density at radius 2 is 1.68 bits per heavy atom. The van der Waals surface area contributed by atoms with E-state index < -0.39 is 17.7 Å². The van der Waals surface area contributed by atoms with Gasteiger partial charge in [0.1, 0.15) is 11.5 Å². The van der Waals surface area contributed by atoms with Crippen LogP contribution in [-0.2, 0) is 16.1 Å². The highest BCUT2D eigenvalue weighted by atomic mass is 16.5. The smallest absolute Gasteiger partial charge is 0.295 e. The maximum atomic E-state index is 13.2. The minimum absolute atomic E-state index is 0.0594. The van der Waals surface area contributed by atoms with E-state index >= 15 is 0 Å². The number of likely N-dealkylation sites (tertiary alicyclic amines) is 1. The highest BCUT2D eigenvalue weighted by Gasteiger charge is 2.46. The lowest BCUT2D eigenvalue weighted by molar-refractivity contribution is -0.140. The summed E-state index contributed by atoms with van der Waals surface area (Å²) in [5.41, 5.74) is 2.97. The molecule has 1 fully saturated rings. The average Bonchev–Trinajstić information content (AvgIpc) is 3.10. The number of hydrogen-bond donors (Lipinski definition) is 1. The topological polar surface area (TPSA) is 92.6 Å². The Morgan fingerprint density at radius 1 is 1.03 bits per heavy atom. The fourth-order valence-electron chi connectivity index (χ4n) is 4.21. The van der Waals surface area contributed by atoms with Crippen LogP contribution in [-0.4, -0.2) is 38.3 Å². The molecule has 1 saturated heterocycles. The SMILES string of the molecule is CCOc1ccc(/C(O)=C2/C(=O)C(=O)N(Cc3ccncc3)C2c2ccncc2)cc1C(C)C. The summed E-state index contributed by atoms with van der Waals surface area (Å²) < 4.78 is 5.73. The predicted molar refractivity (Wildman–Crippen MR) is 128 cm³/mol. The molecule has 3 heterocycles. The molecule has 0 aliphatic carbocycles. The molecule has 1 aromatic carbocycles. The minimum Gasteiger partial charge on any atom is -0.507 e. The number of nitrogens with zero attached hydrogens (tertiary/aromatic N) is 3. The highest BCUT2D eigenvalue weighted by Crippen LogP contribution is 2.41. The van der Waals surface area contributed by atoms with Crippen LogP contribution in [0.5, 0.6) is 5.75 Å². The molecule has 7 heteroatoms. The Labute approximate surface area is 198 Å². The van der Waals surface area contributed by atoms with Crippen LogP contribution in [0, 0.1) is 0 Å². The number of aromatic nitrogens is 2. The fourth-order valence-corrected chi connectivity index (χ4v) is 4.21. The number of ketones is 1. The monoisotopic (exact) mass is 457 g/mol. The number of rotatable bonds is 7. The van der Waals surface area contributed by atoms with Gasteiger partial charge in [0.2, 0.25) is 0 Å². The molecule has 3 aromatic rings. The zero-order valence-electron chi connectivity index (χ0n) is 19.4. The first-order valence-corrected chi connectivity index (χ1v) is 11.3. The molecule has 1 N–H and O–H groups in total. The number of aliphatic hydroxyl groups excluding tert-OH is 1. The summed E-state index contributed by atoms with van der Waals surface area (Å²) in [6.07, 6.45) is 6.49. The lowest BCUT2D eigenvalue weighted by atomic mass is 9.93. The molecule has 7 nitrogen and oxygen atoms in total. The predicted octanol–water partition coefficient (Wildman–Crippen LogP) is 4.62. The van der Waals surface area contributed by atoms with Crippen molar-refractivity contribution in [1.82, 2.24) is 14.9 Å². The molecule has 0 radical (unpaired) electrons. The summed E-state index contributed by atoms with van der Waals surface area (Å²) in [7, 11) is 0. The lowest BCUT2D eigenvalue weighted by Crippen LogP contribution is -2.29. The van der Waals surface area contributed by atoms with E-state index in [1.165, 1.54) is 4.90 Å². The van der Waals surface area contributed by atoms with E-state index in [0.29, 0.717) is 17.7 Å². The molecule has 4 rings (SSSR count). The van der Waals surface area contributed by atoms with Gasteiger partial charge in [-0.15, -0.1) is 0 Å². The summed E-state index contributed by atoms with van der Waals surface area (Å²) in [4.78, 5) is 35.9. The molecule has 0 saturated carbocycles. The van der Waals surface area contributed by atoms with Gasteiger partial charge in [-0.2, -0.15) is 0 Å². The quantitative estimate of drug-likeness (QED) is 0.316. The second-order valence-electron chi connectivity index (χ2n) is 8.40. The average molecular weight is 458 g/mol. The van der Waals surface area contributed by atoms with Crippen molar-refractivity contribution in [3.8, 4) is 5.75 Å². The Hall–Kier alpha value is -4.00. The first-order chi connectivity index (χ1) is 16.4. The van der Waals surface area contributed by atoms with Crippen molar-refractivity contribution in [2.24, 2.45) is 0 Å². The zero-order chi connectivity index (χ0) is 24.2. The molecule has 0 spiro atoms. The Balaban J connectivity index is 1.85. The van der Waals surface area contributed by atoms with Gasteiger partial charge in [0, 0.05) is 36.9 Å². The summed E-state index contributed by atoms with van der Waals surface area (Å²) in [6, 6.07) is 11.7. The third-order valence-electron chi connectivity index (χ3n) is 5.87. The molecule has 1 aliphatic rings. The first kappa shape index (κ1) is 23.2. The van der Waals surface area contributed by atoms with Crippen LogP contribution < -0.4 is 4.74 Å². The van der Waals surface area contributed by atoms with Gasteiger partial charge < -0.3 is 14.7 Å². The molecule has 1 unspecified atom stereocenters. The number of Topliss-reactive ketones (excluding diaryl/α,β-unsaturated/α-hetero) is 1. The Bertz CT molecular complexity index is 1220. The van der Waals surface area contributed by atoms with Gasteiger partial charge in [-0.1, -0.05) is 13.8 Å². The van der Waals surface area contributed by atoms with Crippen LogP contribution in [0.1, 0.15) is 55.0 Å². The Kier molecular flexibility index (Phi) is 6.72. The highest BCUT2D eigenvalue weighted by molar-refractivity contribution is 6.46. The molecule has 1 aliphatic heterocycles. The van der Waals surface area contributed by atoms with Crippen molar-refractivity contribution >= 4 is 17.4 Å². The molecule has 1 amide bonds. The van der Waals surface area contributed by atoms with Crippen molar-refractivity contribution in [3.63, 3.8) is 0 Å². The van der Waals surface area contributed by atoms with Gasteiger partial charge in [0.25, 0.3) is 11.7 Å². The molecule has 0 bridgehead atoms. The van der Waals surface area contributed by atoms with E-state index in [2.05, 4.69) is 9.97 Å². The number of benzene rings is 1. The zero-order valence-corrected chi connectivity index (χ0v) is 19.4. The van der Waals surface area contributed by atoms with E-state index in [0.717, 1.165) is 16.9 Å². The maximum Gasteiger partial charge on any atom is 0.295 e. The van der Waals surface area contributed by atoms with E-state index in [1.54, 1.807) is 61.2 Å². The summed E-state index contributed by atoms with van der Waals surface area (Å²) in [6.45, 7) is 6.71. The third kappa shape index (κ3) is 4.41. The second kappa shape index (κ2) is 9.87. The van der Waals surface area contributed by atoms with Crippen LogP contribution in [0.3, 0.4) is 0 Å². The van der Waals surface area contributed by atoms with Crippen LogP contribution in [0.2, 0.25) is 0 Å². The number of pyridine rings is 2. The van der Waals surface area contributed by atoms with Crippen LogP contribution in [0.4, 0.5) is 0 Å². The van der Waals surface area contributed by atoms with E-state index in [4.69, 9.17) is 4.74 Å². The molecular weight excluding hydrogens is 430 g/mol. The maximum absolute atomic E-state index is 13.2. The van der Waals surface area contributed by atoms with Crippen molar-refractivity contribution in [3.05, 3.63) is 95.1 Å². The number of amides is 1. The van der Waals surface area contributed by atoms with Crippen LogP contribution in [0.15, 0.2) is 72.8 Å². The van der Waals surface area contributed by atoms with Crippen molar-refractivity contribution in [2.45, 2.75) is 39.3 Å². The number of aliphatic hydroxyl groups is 1. The standard InChI is InChI=1S/C27H27N3O4/c1-4-34-22-6-5-20(15-21(22)17(2)3)25(31)23-24(19-9-13-29-14-10-19)30(27(33)26(23)32)16-18-7-11-28-12-8-18/h5-15,17,24,31H,4,16H2,1-3H3/b25-23-. The minimum atomic E-state index is -0.745. The third-order valence-corrected chi connectivity index (χ3v) is 5.87. The van der Waals surface area contributed by atoms with E-state index in [-0.39, 0.29) is 23.8 Å². The summed E-state index contributed by atoms with van der Waals surface area (Å²) in [5.74, 6) is -0.705. The van der Waals surface area contributed by atoms with Gasteiger partial charge in [-0.25, -0.2) is 0 Å². The largest absolute Gasteiger partial charge is 0.507 e. The van der Waals surface area contributed by atoms with Gasteiger partial charge in [-0.3, -0.25) is 19.6 Å². The number of carbonyl (C=O) groups excluding carboxylic acids is 2. The van der Waals surface area contributed by atoms with E-state index in [9.17, 15) is 14.7 Å². The Morgan fingerprint density at radius 3 is 2.29 bits per heavy atom. The fraction of sp³-hybridized carbons (Fsp3) is 0.259. The second-order valence-corrected chi connectivity index (χ2v) is 8.40. The van der Waals surface area contributed by atoms with Gasteiger partial charge in [0.05, 0.1) is 18.2 Å².